The van der Waals surface area contributed by atoms with Gasteiger partial charge in [0.05, 0.1) is 18.1 Å². The molecule has 2 heterocycles. The highest BCUT2D eigenvalue weighted by Gasteiger charge is 2.35. The lowest BCUT2D eigenvalue weighted by Crippen LogP contribution is -2.37. The van der Waals surface area contributed by atoms with Gasteiger partial charge in [0, 0.05) is 11.3 Å². The van der Waals surface area contributed by atoms with E-state index < -0.39 is 45.9 Å². The number of aromatic hydroxyl groups is 1. The molecule has 1 aromatic heterocycles. The summed E-state index contributed by atoms with van der Waals surface area (Å²) in [6.45, 7) is -0.698. The van der Waals surface area contributed by atoms with Crippen LogP contribution in [-0.4, -0.2) is 42.3 Å². The van der Waals surface area contributed by atoms with Gasteiger partial charge in [0.15, 0.2) is 0 Å². The average molecular weight is 471 g/mol. The number of carbonyl (C=O) groups is 2. The number of carbonyl (C=O) groups excluding carboxylic acids is 1. The summed E-state index contributed by atoms with van der Waals surface area (Å²) < 4.78 is 21.7. The smallest absolute Gasteiger partial charge is 0.322 e. The summed E-state index contributed by atoms with van der Waals surface area (Å²) in [5.74, 6) is -3.51. The van der Waals surface area contributed by atoms with Crippen molar-refractivity contribution < 1.29 is 28.9 Å². The Labute approximate surface area is 190 Å². The molecule has 0 radical (unpaired) electrons. The largest absolute Gasteiger partial charge is 0.506 e. The molecule has 0 atom stereocenters. The number of carboxylic acid groups (broad SMARTS) is 1. The predicted molar refractivity (Wildman–Crippen MR) is 124 cm³/mol. The van der Waals surface area contributed by atoms with Crippen LogP contribution in [0.5, 0.6) is 5.75 Å². The van der Waals surface area contributed by atoms with Gasteiger partial charge in [-0.3, -0.25) is 23.5 Å². The molecule has 4 rings (SSSR count). The highest BCUT2D eigenvalue weighted by atomic mass is 32.3. The fraction of sp³-hybridized carbons (Fsp3) is 0.174. The maximum Gasteiger partial charge on any atom is 0.322 e. The molecule has 0 fully saturated rings. The van der Waals surface area contributed by atoms with E-state index in [0.29, 0.717) is 0 Å². The molecule has 33 heavy (non-hydrogen) atoms. The van der Waals surface area contributed by atoms with Gasteiger partial charge in [0.1, 0.15) is 17.9 Å². The standard InChI is InChI=1S/C23H22N2O7S/c26-19(27)10-24-22(29)20-21(28)17-12-33(31,32)13-18(17)25(23(20)30)11-14-6-8-16(9-7-14)15-4-2-1-3-5-15/h1-9,28,31-32H,10-13H2,(H,24,29)(H,26,27). The number of rotatable bonds is 6. The van der Waals surface area contributed by atoms with Crippen LogP contribution >= 0.6 is 10.6 Å². The van der Waals surface area contributed by atoms with Gasteiger partial charge in [0.25, 0.3) is 11.5 Å². The minimum atomic E-state index is -3.12. The van der Waals surface area contributed by atoms with Crippen molar-refractivity contribution in [1.29, 1.82) is 0 Å². The summed E-state index contributed by atoms with van der Waals surface area (Å²) in [7, 11) is -3.12. The molecule has 10 heteroatoms. The highest BCUT2D eigenvalue weighted by Crippen LogP contribution is 2.54. The number of aromatic nitrogens is 1. The Hall–Kier alpha value is -3.60. The van der Waals surface area contributed by atoms with E-state index in [0.717, 1.165) is 16.7 Å². The number of amides is 1. The number of nitrogens with one attached hydrogen (secondary N) is 1. The van der Waals surface area contributed by atoms with Gasteiger partial charge in [-0.25, -0.2) is 0 Å². The zero-order valence-electron chi connectivity index (χ0n) is 17.4. The first-order chi connectivity index (χ1) is 15.7. The van der Waals surface area contributed by atoms with Gasteiger partial charge in [-0.15, -0.1) is 0 Å². The first-order valence-electron chi connectivity index (χ1n) is 10.0. The fourth-order valence-corrected chi connectivity index (χ4v) is 5.49. The quantitative estimate of drug-likeness (QED) is 0.372. The first-order valence-corrected chi connectivity index (χ1v) is 11.9. The Balaban J connectivity index is 1.74. The molecule has 3 aromatic rings. The van der Waals surface area contributed by atoms with Crippen LogP contribution < -0.4 is 10.9 Å². The van der Waals surface area contributed by atoms with Crippen LogP contribution in [0.25, 0.3) is 11.1 Å². The van der Waals surface area contributed by atoms with Crippen molar-refractivity contribution >= 4 is 22.5 Å². The number of fused-ring (bicyclic) bond motifs is 1. The highest BCUT2D eigenvalue weighted by molar-refractivity contribution is 8.23. The van der Waals surface area contributed by atoms with Crippen molar-refractivity contribution in [3.63, 3.8) is 0 Å². The van der Waals surface area contributed by atoms with E-state index in [1.54, 1.807) is 0 Å². The molecule has 0 spiro atoms. The van der Waals surface area contributed by atoms with Crippen molar-refractivity contribution in [2.75, 3.05) is 6.54 Å². The molecule has 1 amide bonds. The molecule has 172 valence electrons. The molecule has 0 unspecified atom stereocenters. The minimum Gasteiger partial charge on any atom is -0.506 e. The van der Waals surface area contributed by atoms with Crippen molar-refractivity contribution in [3.8, 4) is 16.9 Å². The third-order valence-electron chi connectivity index (χ3n) is 5.43. The third-order valence-corrected chi connectivity index (χ3v) is 6.91. The van der Waals surface area contributed by atoms with Gasteiger partial charge in [-0.1, -0.05) is 54.6 Å². The van der Waals surface area contributed by atoms with E-state index in [1.165, 1.54) is 4.57 Å². The molecule has 1 aliphatic rings. The third kappa shape index (κ3) is 4.63. The zero-order chi connectivity index (χ0) is 23.8. The second-order valence-electron chi connectivity index (χ2n) is 7.77. The van der Waals surface area contributed by atoms with Crippen LogP contribution in [0.1, 0.15) is 27.2 Å². The molecule has 5 N–H and O–H groups in total. The fourth-order valence-electron chi connectivity index (χ4n) is 3.86. The summed E-state index contributed by atoms with van der Waals surface area (Å²) in [6, 6.07) is 17.2. The van der Waals surface area contributed by atoms with E-state index >= 15 is 0 Å². The van der Waals surface area contributed by atoms with Crippen molar-refractivity contribution in [3.05, 3.63) is 87.3 Å². The van der Waals surface area contributed by atoms with Crippen LogP contribution in [0.15, 0.2) is 59.4 Å². The maximum atomic E-state index is 13.2. The summed E-state index contributed by atoms with van der Waals surface area (Å²) >= 11 is 0. The van der Waals surface area contributed by atoms with E-state index in [-0.39, 0.29) is 29.3 Å². The van der Waals surface area contributed by atoms with E-state index in [2.05, 4.69) is 5.32 Å². The Morgan fingerprint density at radius 1 is 0.970 bits per heavy atom. The van der Waals surface area contributed by atoms with Crippen molar-refractivity contribution in [2.45, 2.75) is 18.1 Å². The summed E-state index contributed by atoms with van der Waals surface area (Å²) in [5.41, 5.74) is 1.63. The zero-order valence-corrected chi connectivity index (χ0v) is 18.2. The van der Waals surface area contributed by atoms with Crippen LogP contribution in [0, 0.1) is 0 Å². The van der Waals surface area contributed by atoms with Crippen LogP contribution in [-0.2, 0) is 22.8 Å². The SMILES string of the molecule is O=C(O)CNC(=O)c1c(O)c2c(n(Cc3ccc(-c4ccccc4)cc3)c1=O)CS(O)(O)C2. The average Bonchev–Trinajstić information content (AvgIpc) is 3.12. The molecule has 9 nitrogen and oxygen atoms in total. The van der Waals surface area contributed by atoms with E-state index in [4.69, 9.17) is 5.11 Å². The summed E-state index contributed by atoms with van der Waals surface area (Å²) in [4.78, 5) is 36.5. The van der Waals surface area contributed by atoms with Crippen LogP contribution in [0.2, 0.25) is 0 Å². The number of hydrogen-bond acceptors (Lipinski definition) is 6. The van der Waals surface area contributed by atoms with Gasteiger partial charge < -0.3 is 20.1 Å². The van der Waals surface area contributed by atoms with Gasteiger partial charge in [-0.05, 0) is 16.7 Å². The maximum absolute atomic E-state index is 13.2. The summed E-state index contributed by atoms with van der Waals surface area (Å²) in [6.07, 6.45) is 0. The minimum absolute atomic E-state index is 0.0330. The molecular formula is C23H22N2O7S. The number of nitrogens with zero attached hydrogens (tertiary/aromatic N) is 1. The Bertz CT molecular complexity index is 1280. The number of benzene rings is 2. The monoisotopic (exact) mass is 470 g/mol. The molecule has 0 saturated carbocycles. The van der Waals surface area contributed by atoms with Crippen molar-refractivity contribution in [1.82, 2.24) is 9.88 Å². The lowest BCUT2D eigenvalue weighted by Gasteiger charge is -2.25. The lowest BCUT2D eigenvalue weighted by atomic mass is 10.0. The molecule has 0 bridgehead atoms. The number of aliphatic carboxylic acids is 1. The van der Waals surface area contributed by atoms with Crippen LogP contribution in [0.3, 0.4) is 0 Å². The Kier molecular flexibility index (Phi) is 5.98. The lowest BCUT2D eigenvalue weighted by molar-refractivity contribution is -0.135. The van der Waals surface area contributed by atoms with Gasteiger partial charge in [-0.2, -0.15) is 10.6 Å². The molecule has 2 aromatic carbocycles. The number of carboxylic acids is 1. The number of pyridine rings is 1. The van der Waals surface area contributed by atoms with Gasteiger partial charge in [0.2, 0.25) is 0 Å². The normalized spacial score (nSPS) is 15.0. The topological polar surface area (TPSA) is 149 Å². The Morgan fingerprint density at radius 3 is 2.24 bits per heavy atom. The molecule has 0 saturated heterocycles. The van der Waals surface area contributed by atoms with E-state index in [9.17, 15) is 28.6 Å². The predicted octanol–water partition coefficient (Wildman–Crippen LogP) is 2.85. The first kappa shape index (κ1) is 22.6. The van der Waals surface area contributed by atoms with Crippen molar-refractivity contribution in [2.24, 2.45) is 0 Å². The second-order valence-corrected chi connectivity index (χ2v) is 9.95. The summed E-state index contributed by atoms with van der Waals surface area (Å²) in [5, 5.41) is 21.5. The molecule has 1 aliphatic heterocycles. The second kappa shape index (κ2) is 8.74. The number of hydrogen-bond donors (Lipinski definition) is 5. The van der Waals surface area contributed by atoms with E-state index in [1.807, 2.05) is 54.6 Å². The molecule has 0 aliphatic carbocycles. The Morgan fingerprint density at radius 2 is 1.61 bits per heavy atom. The van der Waals surface area contributed by atoms with Gasteiger partial charge >= 0.3 is 5.97 Å². The molecular weight excluding hydrogens is 448 g/mol. The van der Waals surface area contributed by atoms with Crippen LogP contribution in [0.4, 0.5) is 0 Å².